The summed E-state index contributed by atoms with van der Waals surface area (Å²) in [6, 6.07) is 10.7. The maximum Gasteiger partial charge on any atom is 0.335 e. The quantitative estimate of drug-likeness (QED) is 0.325. The van der Waals surface area contributed by atoms with E-state index in [9.17, 15) is 23.1 Å². The summed E-state index contributed by atoms with van der Waals surface area (Å²) in [5.74, 6) is -1.16. The van der Waals surface area contributed by atoms with Crippen LogP contribution in [0.15, 0.2) is 60.0 Å². The zero-order valence-corrected chi connectivity index (χ0v) is 24.2. The van der Waals surface area contributed by atoms with E-state index in [0.29, 0.717) is 25.4 Å². The molecule has 3 N–H and O–H groups in total. The molecule has 0 saturated carbocycles. The van der Waals surface area contributed by atoms with E-state index >= 15 is 0 Å². The number of carbonyl (C=O) groups is 2. The van der Waals surface area contributed by atoms with E-state index in [4.69, 9.17) is 9.84 Å². The van der Waals surface area contributed by atoms with Crippen LogP contribution in [0.2, 0.25) is 0 Å². The molecule has 0 unspecified atom stereocenters. The van der Waals surface area contributed by atoms with Crippen LogP contribution in [-0.4, -0.2) is 88.7 Å². The second-order valence-corrected chi connectivity index (χ2v) is 12.1. The van der Waals surface area contributed by atoms with Crippen molar-refractivity contribution in [1.29, 1.82) is 0 Å². The summed E-state index contributed by atoms with van der Waals surface area (Å²) in [6.07, 6.45) is 2.40. The Morgan fingerprint density at radius 1 is 1.24 bits per heavy atom. The fourth-order valence-corrected chi connectivity index (χ4v) is 5.71. The Hall–Kier alpha value is -3.94. The Kier molecular flexibility index (Phi) is 9.00. The van der Waals surface area contributed by atoms with Gasteiger partial charge < -0.3 is 24.4 Å². The zero-order chi connectivity index (χ0) is 29.9. The number of imidazole rings is 1. The van der Waals surface area contributed by atoms with Gasteiger partial charge in [0.25, 0.3) is 15.9 Å². The number of carboxylic acid groups (broad SMARTS) is 1. The number of likely N-dealkylation sites (N-methyl/N-ethyl adjacent to an activating group) is 1. The van der Waals surface area contributed by atoms with Gasteiger partial charge in [0, 0.05) is 44.5 Å². The first-order chi connectivity index (χ1) is 19.4. The molecule has 41 heavy (non-hydrogen) atoms. The predicted molar refractivity (Wildman–Crippen MR) is 151 cm³/mol. The van der Waals surface area contributed by atoms with E-state index in [1.165, 1.54) is 29.2 Å². The first-order valence-electron chi connectivity index (χ1n) is 13.1. The van der Waals surface area contributed by atoms with Crippen molar-refractivity contribution in [3.8, 4) is 5.75 Å². The number of rotatable bonds is 10. The molecule has 0 saturated heterocycles. The van der Waals surface area contributed by atoms with Gasteiger partial charge in [-0.25, -0.2) is 9.78 Å². The molecule has 3 atom stereocenters. The van der Waals surface area contributed by atoms with Crippen molar-refractivity contribution in [3.63, 3.8) is 0 Å². The Bertz CT molecular complexity index is 1510. The molecule has 12 nitrogen and oxygen atoms in total. The molecule has 0 radical (unpaired) electrons. The minimum Gasteiger partial charge on any atom is -0.488 e. The molecule has 3 aromatic rings. The first kappa shape index (κ1) is 30.0. The summed E-state index contributed by atoms with van der Waals surface area (Å²) in [5, 5.41) is 18.9. The number of hydrogen-bond donors (Lipinski definition) is 3. The Morgan fingerprint density at radius 3 is 2.56 bits per heavy atom. The van der Waals surface area contributed by atoms with E-state index in [1.54, 1.807) is 49.2 Å². The van der Waals surface area contributed by atoms with Crippen molar-refractivity contribution in [2.75, 3.05) is 31.5 Å². The van der Waals surface area contributed by atoms with Crippen molar-refractivity contribution in [2.45, 2.75) is 37.6 Å². The molecule has 2 heterocycles. The molecule has 13 heteroatoms. The van der Waals surface area contributed by atoms with Gasteiger partial charge in [-0.05, 0) is 49.9 Å². The number of aryl methyl sites for hydroxylation is 1. The minimum atomic E-state index is -3.99. The van der Waals surface area contributed by atoms with Gasteiger partial charge in [0.05, 0.1) is 30.1 Å². The van der Waals surface area contributed by atoms with Crippen LogP contribution < -0.4 is 9.46 Å². The fourth-order valence-electron chi connectivity index (χ4n) is 4.68. The van der Waals surface area contributed by atoms with Crippen molar-refractivity contribution >= 4 is 27.6 Å². The number of aliphatic hydroxyl groups is 1. The third-order valence-corrected chi connectivity index (χ3v) is 8.28. The number of nitrogens with zero attached hydrogens (tertiary/aromatic N) is 4. The highest BCUT2D eigenvalue weighted by atomic mass is 32.2. The largest absolute Gasteiger partial charge is 0.488 e. The number of ether oxygens (including phenoxy) is 1. The monoisotopic (exact) mass is 585 g/mol. The number of aliphatic hydroxyl groups excluding tert-OH is 1. The highest BCUT2D eigenvalue weighted by Gasteiger charge is 2.34. The molecular formula is C28H35N5O7S. The second-order valence-electron chi connectivity index (χ2n) is 10.5. The summed E-state index contributed by atoms with van der Waals surface area (Å²) >= 11 is 0. The third-order valence-electron chi connectivity index (χ3n) is 7.02. The molecule has 1 amide bonds. The maximum atomic E-state index is 13.7. The second kappa shape index (κ2) is 12.3. The van der Waals surface area contributed by atoms with E-state index in [2.05, 4.69) is 14.6 Å². The SMILES string of the molecule is C[C@@H]1CN([C@H](C)CO)C(=O)c2cc(NS(=O)(=O)c3cn(C)cn3)ccc2O[C@H]1CN(C)Cc1ccc(C(=O)O)cc1. The van der Waals surface area contributed by atoms with Crippen molar-refractivity contribution in [3.05, 3.63) is 71.7 Å². The summed E-state index contributed by atoms with van der Waals surface area (Å²) in [6.45, 7) is 4.84. The van der Waals surface area contributed by atoms with Gasteiger partial charge in [0.2, 0.25) is 0 Å². The van der Waals surface area contributed by atoms with E-state index < -0.39 is 22.0 Å². The smallest absolute Gasteiger partial charge is 0.335 e. The van der Waals surface area contributed by atoms with Gasteiger partial charge in [-0.3, -0.25) is 14.4 Å². The number of hydrogen-bond acceptors (Lipinski definition) is 8. The minimum absolute atomic E-state index is 0.111. The highest BCUT2D eigenvalue weighted by molar-refractivity contribution is 7.92. The predicted octanol–water partition coefficient (Wildman–Crippen LogP) is 2.27. The summed E-state index contributed by atoms with van der Waals surface area (Å²) in [5.41, 5.74) is 1.51. The molecule has 0 aliphatic carbocycles. The van der Waals surface area contributed by atoms with Gasteiger partial charge in [-0.1, -0.05) is 19.1 Å². The van der Waals surface area contributed by atoms with Crippen molar-refractivity contribution < 1.29 is 33.0 Å². The van der Waals surface area contributed by atoms with Crippen LogP contribution in [-0.2, 0) is 23.6 Å². The number of amides is 1. The lowest BCUT2D eigenvalue weighted by Crippen LogP contribution is -2.49. The molecule has 0 fully saturated rings. The zero-order valence-electron chi connectivity index (χ0n) is 23.4. The molecule has 1 aliphatic heterocycles. The van der Waals surface area contributed by atoms with Crippen LogP contribution in [0.4, 0.5) is 5.69 Å². The van der Waals surface area contributed by atoms with Gasteiger partial charge in [-0.15, -0.1) is 0 Å². The molecule has 220 valence electrons. The van der Waals surface area contributed by atoms with Crippen LogP contribution in [0.5, 0.6) is 5.75 Å². The van der Waals surface area contributed by atoms with Crippen LogP contribution >= 0.6 is 0 Å². The van der Waals surface area contributed by atoms with Crippen molar-refractivity contribution in [1.82, 2.24) is 19.4 Å². The molecular weight excluding hydrogens is 550 g/mol. The number of benzene rings is 2. The molecule has 4 rings (SSSR count). The summed E-state index contributed by atoms with van der Waals surface area (Å²) < 4.78 is 36.1. The average Bonchev–Trinajstić information content (AvgIpc) is 3.38. The lowest BCUT2D eigenvalue weighted by Gasteiger charge is -2.38. The Morgan fingerprint density at radius 2 is 1.95 bits per heavy atom. The topological polar surface area (TPSA) is 154 Å². The van der Waals surface area contributed by atoms with E-state index in [1.807, 2.05) is 14.0 Å². The number of aromatic carboxylic acids is 1. The number of fused-ring (bicyclic) bond motifs is 1. The summed E-state index contributed by atoms with van der Waals surface area (Å²) in [4.78, 5) is 32.4. The first-order valence-corrected chi connectivity index (χ1v) is 14.6. The maximum absolute atomic E-state index is 13.7. The molecule has 1 aliphatic rings. The van der Waals surface area contributed by atoms with Crippen LogP contribution in [0.1, 0.15) is 40.1 Å². The van der Waals surface area contributed by atoms with Gasteiger partial charge in [-0.2, -0.15) is 8.42 Å². The van der Waals surface area contributed by atoms with E-state index in [-0.39, 0.29) is 46.4 Å². The lowest BCUT2D eigenvalue weighted by molar-refractivity contribution is 0.0341. The fraction of sp³-hybridized carbons (Fsp3) is 0.393. The average molecular weight is 586 g/mol. The number of sulfonamides is 1. The van der Waals surface area contributed by atoms with Gasteiger partial charge in [0.1, 0.15) is 11.9 Å². The number of carboxylic acids is 1. The Balaban J connectivity index is 1.60. The lowest BCUT2D eigenvalue weighted by atomic mass is 9.99. The molecule has 1 aromatic heterocycles. The van der Waals surface area contributed by atoms with E-state index in [0.717, 1.165) is 5.56 Å². The standard InChI is InChI=1S/C28H35N5O7S/c1-18-12-33(19(2)16-34)27(35)23-11-22(30-41(38,39)26-15-32(4)17-29-26)9-10-24(23)40-25(18)14-31(3)13-20-5-7-21(8-6-20)28(36)37/h5-11,15,17-19,25,30,34H,12-14,16H2,1-4H3,(H,36,37)/t18-,19-,25+/m1/s1. The molecule has 0 bridgehead atoms. The Labute approximate surface area is 239 Å². The normalized spacial score (nSPS) is 18.3. The molecule has 0 spiro atoms. The number of anilines is 1. The third kappa shape index (κ3) is 7.04. The number of carbonyl (C=O) groups excluding carboxylic acids is 1. The number of aromatic nitrogens is 2. The number of nitrogens with one attached hydrogen (secondary N) is 1. The summed E-state index contributed by atoms with van der Waals surface area (Å²) in [7, 11) is -0.400. The van der Waals surface area contributed by atoms with Crippen LogP contribution in [0.3, 0.4) is 0 Å². The highest BCUT2D eigenvalue weighted by Crippen LogP contribution is 2.31. The van der Waals surface area contributed by atoms with Crippen LogP contribution in [0, 0.1) is 5.92 Å². The molecule has 2 aromatic carbocycles. The van der Waals surface area contributed by atoms with Gasteiger partial charge in [0.15, 0.2) is 5.03 Å². The van der Waals surface area contributed by atoms with Crippen molar-refractivity contribution in [2.24, 2.45) is 13.0 Å². The van der Waals surface area contributed by atoms with Crippen LogP contribution in [0.25, 0.3) is 0 Å². The van der Waals surface area contributed by atoms with Gasteiger partial charge >= 0.3 is 5.97 Å².